The molecule has 92 valence electrons. The molecule has 0 aliphatic heterocycles. The molecule has 0 aromatic heterocycles. The van der Waals surface area contributed by atoms with Gasteiger partial charge in [0.25, 0.3) is 0 Å². The molecule has 1 nitrogen and oxygen atoms in total. The van der Waals surface area contributed by atoms with Crippen LogP contribution in [0.15, 0.2) is 36.4 Å². The van der Waals surface area contributed by atoms with Crippen LogP contribution in [0.2, 0.25) is 0 Å². The quantitative estimate of drug-likeness (QED) is 0.650. The molecule has 0 saturated carbocycles. The largest absolute Gasteiger partial charge is 0.375 e. The van der Waals surface area contributed by atoms with Gasteiger partial charge in [0, 0.05) is 19.3 Å². The topological polar surface area (TPSA) is 3.24 Å². The highest BCUT2D eigenvalue weighted by Gasteiger charge is 2.18. The van der Waals surface area contributed by atoms with Crippen LogP contribution in [-0.2, 0) is 6.42 Å². The first-order valence-corrected chi connectivity index (χ1v) is 6.63. The van der Waals surface area contributed by atoms with Gasteiger partial charge in [-0.3, -0.25) is 0 Å². The Kier molecular flexibility index (Phi) is 2.62. The number of anilines is 1. The summed E-state index contributed by atoms with van der Waals surface area (Å²) in [5.74, 6) is 0. The zero-order valence-corrected chi connectivity index (χ0v) is 11.3. The minimum Gasteiger partial charge on any atom is -0.375 e. The molecule has 0 saturated heterocycles. The van der Waals surface area contributed by atoms with Crippen LogP contribution in [0, 0.1) is 6.92 Å². The predicted octanol–water partition coefficient (Wildman–Crippen LogP) is 4.02. The van der Waals surface area contributed by atoms with Gasteiger partial charge < -0.3 is 4.90 Å². The smallest absolute Gasteiger partial charge is 0.0369 e. The van der Waals surface area contributed by atoms with Crippen LogP contribution in [0.1, 0.15) is 23.6 Å². The highest BCUT2D eigenvalue weighted by atomic mass is 15.1. The first-order chi connectivity index (χ1) is 8.69. The fourth-order valence-electron chi connectivity index (χ4n) is 2.69. The third-order valence-electron chi connectivity index (χ3n) is 3.95. The molecule has 1 heteroatoms. The monoisotopic (exact) mass is 237 g/mol. The summed E-state index contributed by atoms with van der Waals surface area (Å²) in [6.45, 7) is 5.39. The molecule has 0 radical (unpaired) electrons. The molecule has 1 aliphatic rings. The van der Waals surface area contributed by atoms with E-state index in [4.69, 9.17) is 0 Å². The zero-order valence-electron chi connectivity index (χ0n) is 11.3. The molecule has 0 heterocycles. The van der Waals surface area contributed by atoms with Crippen molar-refractivity contribution in [1.82, 2.24) is 0 Å². The van der Waals surface area contributed by atoms with Crippen molar-refractivity contribution in [1.29, 1.82) is 0 Å². The first-order valence-electron chi connectivity index (χ1n) is 6.63. The highest BCUT2D eigenvalue weighted by molar-refractivity contribution is 5.80. The lowest BCUT2D eigenvalue weighted by atomic mass is 10.0. The molecule has 0 fully saturated rings. The van der Waals surface area contributed by atoms with E-state index < -0.39 is 0 Å². The average Bonchev–Trinajstić information content (AvgIpc) is 2.75. The normalized spacial score (nSPS) is 12.2. The Bertz CT molecular complexity index is 599. The Labute approximate surface area is 109 Å². The molecule has 0 amide bonds. The van der Waals surface area contributed by atoms with Crippen LogP contribution in [-0.4, -0.2) is 13.6 Å². The van der Waals surface area contributed by atoms with Crippen molar-refractivity contribution in [3.05, 3.63) is 53.1 Å². The third-order valence-corrected chi connectivity index (χ3v) is 3.95. The van der Waals surface area contributed by atoms with Gasteiger partial charge in [0.15, 0.2) is 0 Å². The van der Waals surface area contributed by atoms with Gasteiger partial charge in [-0.2, -0.15) is 0 Å². The number of hydrogen-bond acceptors (Lipinski definition) is 1. The maximum atomic E-state index is 2.34. The zero-order chi connectivity index (χ0) is 12.7. The second-order valence-electron chi connectivity index (χ2n) is 5.19. The Balaban J connectivity index is 2.13. The van der Waals surface area contributed by atoms with E-state index in [1.165, 1.54) is 33.5 Å². The fraction of sp³-hybridized carbons (Fsp3) is 0.294. The van der Waals surface area contributed by atoms with Gasteiger partial charge in [-0.15, -0.1) is 0 Å². The van der Waals surface area contributed by atoms with Gasteiger partial charge >= 0.3 is 0 Å². The van der Waals surface area contributed by atoms with Gasteiger partial charge in [-0.05, 0) is 54.7 Å². The lowest BCUT2D eigenvalue weighted by Crippen LogP contribution is -2.15. The fourth-order valence-corrected chi connectivity index (χ4v) is 2.69. The molecule has 1 aliphatic carbocycles. The number of fused-ring (bicyclic) bond motifs is 3. The van der Waals surface area contributed by atoms with Crippen molar-refractivity contribution in [3.8, 4) is 11.1 Å². The second kappa shape index (κ2) is 4.16. The maximum Gasteiger partial charge on any atom is 0.0369 e. The highest BCUT2D eigenvalue weighted by Crippen LogP contribution is 2.38. The Hall–Kier alpha value is -1.76. The maximum absolute atomic E-state index is 2.34. The minimum atomic E-state index is 1.04. The predicted molar refractivity (Wildman–Crippen MR) is 78.4 cm³/mol. The minimum absolute atomic E-state index is 1.04. The standard InChI is InChI=1S/C17H19N/c1-4-18(3)15-8-7-14-10-13-6-5-12(2)9-16(13)17(14)11-15/h5-9,11H,4,10H2,1-3H3. The van der Waals surface area contributed by atoms with Crippen LogP contribution in [0.5, 0.6) is 0 Å². The molecule has 0 N–H and O–H groups in total. The lowest BCUT2D eigenvalue weighted by Gasteiger charge is -2.18. The Morgan fingerprint density at radius 3 is 2.39 bits per heavy atom. The lowest BCUT2D eigenvalue weighted by molar-refractivity contribution is 0.968. The van der Waals surface area contributed by atoms with E-state index in [-0.39, 0.29) is 0 Å². The molecule has 0 atom stereocenters. The van der Waals surface area contributed by atoms with Gasteiger partial charge in [0.2, 0.25) is 0 Å². The van der Waals surface area contributed by atoms with Crippen molar-refractivity contribution in [2.45, 2.75) is 20.3 Å². The van der Waals surface area contributed by atoms with Crippen molar-refractivity contribution in [3.63, 3.8) is 0 Å². The summed E-state index contributed by atoms with van der Waals surface area (Å²) in [6.07, 6.45) is 1.08. The van der Waals surface area contributed by atoms with Crippen molar-refractivity contribution >= 4 is 5.69 Å². The summed E-state index contributed by atoms with van der Waals surface area (Å²) in [5.41, 5.74) is 8.43. The average molecular weight is 237 g/mol. The van der Waals surface area contributed by atoms with E-state index >= 15 is 0 Å². The second-order valence-corrected chi connectivity index (χ2v) is 5.19. The van der Waals surface area contributed by atoms with Crippen molar-refractivity contribution in [2.75, 3.05) is 18.5 Å². The molecule has 0 bridgehead atoms. The van der Waals surface area contributed by atoms with E-state index in [0.717, 1.165) is 13.0 Å². The number of benzene rings is 2. The third kappa shape index (κ3) is 1.71. The van der Waals surface area contributed by atoms with Crippen molar-refractivity contribution < 1.29 is 0 Å². The number of nitrogens with zero attached hydrogens (tertiary/aromatic N) is 1. The molecule has 0 spiro atoms. The summed E-state index contributed by atoms with van der Waals surface area (Å²) in [4.78, 5) is 2.29. The van der Waals surface area contributed by atoms with Gasteiger partial charge in [-0.1, -0.05) is 29.8 Å². The van der Waals surface area contributed by atoms with Crippen LogP contribution in [0.4, 0.5) is 5.69 Å². The Morgan fingerprint density at radius 1 is 1.00 bits per heavy atom. The molecule has 3 rings (SSSR count). The van der Waals surface area contributed by atoms with Crippen LogP contribution < -0.4 is 4.90 Å². The van der Waals surface area contributed by atoms with Gasteiger partial charge in [-0.25, -0.2) is 0 Å². The van der Waals surface area contributed by atoms with Gasteiger partial charge in [0.1, 0.15) is 0 Å². The summed E-state index contributed by atoms with van der Waals surface area (Å²) < 4.78 is 0. The summed E-state index contributed by atoms with van der Waals surface area (Å²) in [7, 11) is 2.15. The van der Waals surface area contributed by atoms with Crippen LogP contribution >= 0.6 is 0 Å². The molecule has 2 aromatic rings. The van der Waals surface area contributed by atoms with E-state index in [0.29, 0.717) is 0 Å². The molecular formula is C17H19N. The molecular weight excluding hydrogens is 218 g/mol. The summed E-state index contributed by atoms with van der Waals surface area (Å²) >= 11 is 0. The van der Waals surface area contributed by atoms with Crippen LogP contribution in [0.3, 0.4) is 0 Å². The van der Waals surface area contributed by atoms with E-state index in [1.54, 1.807) is 0 Å². The van der Waals surface area contributed by atoms with E-state index in [1.807, 2.05) is 0 Å². The van der Waals surface area contributed by atoms with Crippen molar-refractivity contribution in [2.24, 2.45) is 0 Å². The van der Waals surface area contributed by atoms with Crippen LogP contribution in [0.25, 0.3) is 11.1 Å². The molecule has 0 unspecified atom stereocenters. The van der Waals surface area contributed by atoms with Gasteiger partial charge in [0.05, 0.1) is 0 Å². The number of hydrogen-bond donors (Lipinski definition) is 0. The van der Waals surface area contributed by atoms with E-state index in [2.05, 4.69) is 62.2 Å². The summed E-state index contributed by atoms with van der Waals surface area (Å²) in [6, 6.07) is 13.7. The Morgan fingerprint density at radius 2 is 1.67 bits per heavy atom. The first kappa shape index (κ1) is 11.3. The number of rotatable bonds is 2. The SMILES string of the molecule is CCN(C)c1ccc2c(c1)-c1cc(C)ccc1C2. The molecule has 18 heavy (non-hydrogen) atoms. The number of aryl methyl sites for hydroxylation is 1. The summed E-state index contributed by atoms with van der Waals surface area (Å²) in [5, 5.41) is 0. The van der Waals surface area contributed by atoms with E-state index in [9.17, 15) is 0 Å². The molecule has 2 aromatic carbocycles.